The molecule has 0 amide bonds. The van der Waals surface area contributed by atoms with E-state index in [9.17, 15) is 9.90 Å². The number of ketones is 1. The highest BCUT2D eigenvalue weighted by Gasteiger charge is 2.15. The highest BCUT2D eigenvalue weighted by molar-refractivity contribution is 5.97. The Morgan fingerprint density at radius 2 is 2.30 bits per heavy atom. The molecule has 2 N–H and O–H groups in total. The van der Waals surface area contributed by atoms with Crippen LogP contribution < -0.4 is 4.74 Å². The molecule has 0 bridgehead atoms. The Kier molecular flexibility index (Phi) is 4.77. The topological polar surface area (TPSA) is 112 Å². The Hall–Kier alpha value is -2.72. The number of allylic oxidation sites excluding steroid dienone is 2. The third-order valence-corrected chi connectivity index (χ3v) is 3.04. The number of rotatable bonds is 6. The lowest BCUT2D eigenvalue weighted by atomic mass is 10.1. The Bertz CT molecular complexity index is 794. The summed E-state index contributed by atoms with van der Waals surface area (Å²) in [6.07, 6.45) is 5.15. The smallest absolute Gasteiger partial charge is 0.233 e. The zero-order chi connectivity index (χ0) is 17.0. The van der Waals surface area contributed by atoms with Gasteiger partial charge in [-0.05, 0) is 27.2 Å². The molecule has 2 rings (SSSR count). The first-order valence-electron chi connectivity index (χ1n) is 7.09. The molecule has 2 aromatic rings. The maximum atomic E-state index is 11.3. The van der Waals surface area contributed by atoms with Crippen molar-refractivity contribution < 1.29 is 14.6 Å². The summed E-state index contributed by atoms with van der Waals surface area (Å²) in [4.78, 5) is 22.8. The van der Waals surface area contributed by atoms with Crippen LogP contribution in [0.3, 0.4) is 0 Å². The monoisotopic (exact) mass is 314 g/mol. The van der Waals surface area contributed by atoms with E-state index < -0.39 is 5.60 Å². The molecule has 0 saturated carbocycles. The number of aliphatic hydroxyl groups is 1. The lowest BCUT2D eigenvalue weighted by Gasteiger charge is -2.16. The second kappa shape index (κ2) is 6.58. The molecule has 0 unspecified atom stereocenters. The van der Waals surface area contributed by atoms with E-state index in [1.54, 1.807) is 26.1 Å². The predicted octanol–water partition coefficient (Wildman–Crippen LogP) is 1.69. The minimum Gasteiger partial charge on any atom is -0.474 e. The van der Waals surface area contributed by atoms with E-state index in [1.807, 2.05) is 6.07 Å². The average molecular weight is 314 g/mol. The fourth-order valence-electron chi connectivity index (χ4n) is 1.88. The Labute approximate surface area is 133 Å². The summed E-state index contributed by atoms with van der Waals surface area (Å²) in [5.41, 5.74) is 1.14. The SMILES string of the molecule is CC(=O)/C(C#N)=C/Cc1c[nH]c2ncc(OCC(C)(C)O)nc12. The maximum Gasteiger partial charge on any atom is 0.233 e. The van der Waals surface area contributed by atoms with Crippen molar-refractivity contribution in [2.24, 2.45) is 0 Å². The summed E-state index contributed by atoms with van der Waals surface area (Å²) in [6, 6.07) is 1.87. The van der Waals surface area contributed by atoms with Gasteiger partial charge < -0.3 is 14.8 Å². The first kappa shape index (κ1) is 16.6. The predicted molar refractivity (Wildman–Crippen MR) is 83.8 cm³/mol. The molecule has 120 valence electrons. The first-order valence-corrected chi connectivity index (χ1v) is 7.09. The van der Waals surface area contributed by atoms with Crippen LogP contribution in [0.1, 0.15) is 26.3 Å². The molecule has 0 aromatic carbocycles. The summed E-state index contributed by atoms with van der Waals surface area (Å²) in [7, 11) is 0. The molecular formula is C16H18N4O3. The molecule has 7 heteroatoms. The fraction of sp³-hybridized carbons (Fsp3) is 0.375. The van der Waals surface area contributed by atoms with Gasteiger partial charge in [-0.3, -0.25) is 4.79 Å². The van der Waals surface area contributed by atoms with E-state index in [1.165, 1.54) is 13.1 Å². The van der Waals surface area contributed by atoms with Crippen LogP contribution in [0.4, 0.5) is 0 Å². The van der Waals surface area contributed by atoms with E-state index >= 15 is 0 Å². The molecule has 0 aliphatic carbocycles. The Morgan fingerprint density at radius 1 is 1.57 bits per heavy atom. The van der Waals surface area contributed by atoms with Gasteiger partial charge in [0.05, 0.1) is 17.4 Å². The number of nitrogens with one attached hydrogen (secondary N) is 1. The number of Topliss-reactive ketones (excluding diaryl/α,β-unsaturated/α-hetero) is 1. The number of fused-ring (bicyclic) bond motifs is 1. The normalized spacial score (nSPS) is 12.2. The molecule has 7 nitrogen and oxygen atoms in total. The summed E-state index contributed by atoms with van der Waals surface area (Å²) >= 11 is 0. The number of ether oxygens (including phenoxy) is 1. The van der Waals surface area contributed by atoms with Crippen molar-refractivity contribution in [3.05, 3.63) is 29.6 Å². The van der Waals surface area contributed by atoms with Gasteiger partial charge in [-0.15, -0.1) is 0 Å². The van der Waals surface area contributed by atoms with Gasteiger partial charge in [-0.1, -0.05) is 6.08 Å². The maximum absolute atomic E-state index is 11.3. The van der Waals surface area contributed by atoms with E-state index in [-0.39, 0.29) is 18.0 Å². The zero-order valence-electron chi connectivity index (χ0n) is 13.3. The molecule has 0 saturated heterocycles. The molecule has 0 fully saturated rings. The molecule has 2 aromatic heterocycles. The second-order valence-electron chi connectivity index (χ2n) is 5.81. The largest absolute Gasteiger partial charge is 0.474 e. The number of carbonyl (C=O) groups is 1. The van der Waals surface area contributed by atoms with Crippen LogP contribution in [0.25, 0.3) is 11.2 Å². The molecule has 0 radical (unpaired) electrons. The van der Waals surface area contributed by atoms with E-state index in [0.717, 1.165) is 5.56 Å². The first-order chi connectivity index (χ1) is 10.8. The molecule has 0 spiro atoms. The average Bonchev–Trinajstić information content (AvgIpc) is 2.87. The van der Waals surface area contributed by atoms with Gasteiger partial charge in [0.15, 0.2) is 11.4 Å². The van der Waals surface area contributed by atoms with Crippen molar-refractivity contribution >= 4 is 16.9 Å². The van der Waals surface area contributed by atoms with Crippen molar-refractivity contribution in [2.75, 3.05) is 6.61 Å². The van der Waals surface area contributed by atoms with Crippen LogP contribution in [0.15, 0.2) is 24.0 Å². The van der Waals surface area contributed by atoms with Crippen LogP contribution in [0.5, 0.6) is 5.88 Å². The highest BCUT2D eigenvalue weighted by atomic mass is 16.5. The van der Waals surface area contributed by atoms with Gasteiger partial charge in [0.1, 0.15) is 18.2 Å². The van der Waals surface area contributed by atoms with Crippen LogP contribution >= 0.6 is 0 Å². The minimum atomic E-state index is -0.969. The van der Waals surface area contributed by atoms with Crippen LogP contribution in [0.2, 0.25) is 0 Å². The van der Waals surface area contributed by atoms with Gasteiger partial charge in [0.25, 0.3) is 0 Å². The van der Waals surface area contributed by atoms with Crippen molar-refractivity contribution in [3.8, 4) is 11.9 Å². The molecule has 2 heterocycles. The number of nitriles is 1. The number of aromatic nitrogens is 3. The molecule has 0 atom stereocenters. The number of hydrogen-bond acceptors (Lipinski definition) is 6. The number of nitrogens with zero attached hydrogens (tertiary/aromatic N) is 3. The quantitative estimate of drug-likeness (QED) is 0.620. The van der Waals surface area contributed by atoms with E-state index in [0.29, 0.717) is 23.5 Å². The lowest BCUT2D eigenvalue weighted by Crippen LogP contribution is -2.28. The number of aromatic amines is 1. The molecular weight excluding hydrogens is 296 g/mol. The summed E-state index contributed by atoms with van der Waals surface area (Å²) in [5.74, 6) is 0.0316. The summed E-state index contributed by atoms with van der Waals surface area (Å²) in [5, 5.41) is 18.6. The highest BCUT2D eigenvalue weighted by Crippen LogP contribution is 2.19. The zero-order valence-corrected chi connectivity index (χ0v) is 13.3. The Morgan fingerprint density at radius 3 is 2.91 bits per heavy atom. The molecule has 23 heavy (non-hydrogen) atoms. The third kappa shape index (κ3) is 4.37. The standard InChI is InChI=1S/C16H18N4O3/c1-10(21)11(6-17)4-5-12-7-18-15-14(12)20-13(8-19-15)23-9-16(2,3)22/h4,7-8,22H,5,9H2,1-3H3,(H,18,19)/b11-4+. The van der Waals surface area contributed by atoms with Crippen LogP contribution in [-0.4, -0.2) is 38.0 Å². The van der Waals surface area contributed by atoms with Gasteiger partial charge >= 0.3 is 0 Å². The number of hydrogen-bond donors (Lipinski definition) is 2. The third-order valence-electron chi connectivity index (χ3n) is 3.04. The summed E-state index contributed by atoms with van der Waals surface area (Å²) < 4.78 is 5.43. The van der Waals surface area contributed by atoms with Gasteiger partial charge in [0, 0.05) is 11.8 Å². The van der Waals surface area contributed by atoms with Gasteiger partial charge in [-0.25, -0.2) is 9.97 Å². The lowest BCUT2D eigenvalue weighted by molar-refractivity contribution is -0.113. The van der Waals surface area contributed by atoms with Crippen molar-refractivity contribution in [1.29, 1.82) is 5.26 Å². The van der Waals surface area contributed by atoms with Crippen molar-refractivity contribution in [1.82, 2.24) is 15.0 Å². The van der Waals surface area contributed by atoms with Crippen LogP contribution in [0, 0.1) is 11.3 Å². The van der Waals surface area contributed by atoms with E-state index in [4.69, 9.17) is 10.00 Å². The van der Waals surface area contributed by atoms with Gasteiger partial charge in [0.2, 0.25) is 5.88 Å². The second-order valence-corrected chi connectivity index (χ2v) is 5.81. The van der Waals surface area contributed by atoms with E-state index in [2.05, 4.69) is 15.0 Å². The summed E-state index contributed by atoms with van der Waals surface area (Å²) in [6.45, 7) is 4.72. The fourth-order valence-corrected chi connectivity index (χ4v) is 1.88. The van der Waals surface area contributed by atoms with Crippen LogP contribution in [-0.2, 0) is 11.2 Å². The van der Waals surface area contributed by atoms with Crippen molar-refractivity contribution in [2.45, 2.75) is 32.8 Å². The molecule has 0 aliphatic rings. The number of H-pyrrole nitrogens is 1. The number of carbonyl (C=O) groups excluding carboxylic acids is 1. The Balaban J connectivity index is 2.25. The van der Waals surface area contributed by atoms with Gasteiger partial charge in [-0.2, -0.15) is 5.26 Å². The molecule has 0 aliphatic heterocycles. The van der Waals surface area contributed by atoms with Crippen molar-refractivity contribution in [3.63, 3.8) is 0 Å². The minimum absolute atomic E-state index is 0.0930.